The Morgan fingerprint density at radius 2 is 1.91 bits per heavy atom. The second-order valence-corrected chi connectivity index (χ2v) is 8.68. The van der Waals surface area contributed by atoms with Gasteiger partial charge in [-0.05, 0) is 67.3 Å². The van der Waals surface area contributed by atoms with Crippen LogP contribution in [0, 0.1) is 0 Å². The molecule has 0 bridgehead atoms. The Balaban J connectivity index is 1.41. The van der Waals surface area contributed by atoms with Crippen LogP contribution in [-0.4, -0.2) is 20.6 Å². The molecule has 3 aromatic carbocycles. The summed E-state index contributed by atoms with van der Waals surface area (Å²) in [4.78, 5) is 0. The van der Waals surface area contributed by atoms with Crippen molar-refractivity contribution in [3.8, 4) is 5.75 Å². The number of alkyl halides is 1. The van der Waals surface area contributed by atoms with Gasteiger partial charge in [-0.3, -0.25) is 0 Å². The van der Waals surface area contributed by atoms with Crippen molar-refractivity contribution in [3.05, 3.63) is 83.4 Å². The van der Waals surface area contributed by atoms with Crippen LogP contribution in [0.2, 0.25) is 0 Å². The first-order chi connectivity index (χ1) is 15.7. The summed E-state index contributed by atoms with van der Waals surface area (Å²) in [7, 11) is 0. The molecule has 2 heterocycles. The van der Waals surface area contributed by atoms with E-state index < -0.39 is 5.01 Å². The van der Waals surface area contributed by atoms with Crippen LogP contribution in [0.1, 0.15) is 47.5 Å². The third-order valence-corrected chi connectivity index (χ3v) is 6.23. The molecular weight excluding hydrogens is 468 g/mol. The van der Waals surface area contributed by atoms with E-state index in [1.54, 1.807) is 0 Å². The molecule has 5 aromatic rings. The van der Waals surface area contributed by atoms with Crippen LogP contribution < -0.4 is 4.74 Å². The summed E-state index contributed by atoms with van der Waals surface area (Å²) in [5.74, 6) is 2.38. The van der Waals surface area contributed by atoms with Crippen molar-refractivity contribution in [2.24, 2.45) is 0 Å². The average molecular weight is 491 g/mol. The Labute approximate surface area is 194 Å². The van der Waals surface area contributed by atoms with Crippen molar-refractivity contribution in [2.75, 3.05) is 0 Å². The van der Waals surface area contributed by atoms with Crippen molar-refractivity contribution in [3.63, 3.8) is 0 Å². The predicted molar refractivity (Wildman–Crippen MR) is 128 cm³/mol. The minimum absolute atomic E-state index is 0.440. The number of tetrazole rings is 1. The van der Waals surface area contributed by atoms with Gasteiger partial charge >= 0.3 is 0 Å². The number of ether oxygens (including phenoxy) is 1. The van der Waals surface area contributed by atoms with Gasteiger partial charge in [-0.2, -0.15) is 0 Å². The minimum Gasteiger partial charge on any atom is -0.471 e. The van der Waals surface area contributed by atoms with Crippen LogP contribution in [0.15, 0.2) is 65.1 Å². The summed E-state index contributed by atoms with van der Waals surface area (Å²) in [6, 6.07) is 21.0. The number of hydrogen-bond acceptors (Lipinski definition) is 5. The zero-order chi connectivity index (χ0) is 21.9. The molecule has 0 saturated heterocycles. The summed E-state index contributed by atoms with van der Waals surface area (Å²) in [6.07, 6.45) is 4.11. The lowest BCUT2D eigenvalue weighted by molar-refractivity contribution is 0.292. The molecule has 0 spiro atoms. The number of para-hydroxylation sites is 1. The highest BCUT2D eigenvalue weighted by Crippen LogP contribution is 2.31. The van der Waals surface area contributed by atoms with Gasteiger partial charge in [-0.25, -0.2) is 5.10 Å². The number of fused-ring (bicyclic) bond motifs is 2. The van der Waals surface area contributed by atoms with Crippen LogP contribution in [0.25, 0.3) is 21.7 Å². The summed E-state index contributed by atoms with van der Waals surface area (Å²) in [5, 5.41) is 16.8. The maximum atomic E-state index is 6.21. The molecule has 1 atom stereocenters. The molecule has 0 aliphatic carbocycles. The zero-order valence-electron chi connectivity index (χ0n) is 17.7. The third kappa shape index (κ3) is 4.25. The van der Waals surface area contributed by atoms with Crippen LogP contribution in [0.3, 0.4) is 0 Å². The van der Waals surface area contributed by atoms with Gasteiger partial charge in [-0.1, -0.05) is 55.8 Å². The first kappa shape index (κ1) is 20.7. The van der Waals surface area contributed by atoms with Crippen molar-refractivity contribution in [1.29, 1.82) is 0 Å². The number of nitrogens with zero attached hydrogens (tertiary/aromatic N) is 3. The van der Waals surface area contributed by atoms with E-state index in [0.29, 0.717) is 5.82 Å². The smallest absolute Gasteiger partial charge is 0.213 e. The highest BCUT2D eigenvalue weighted by atomic mass is 79.9. The molecule has 5 rings (SSSR count). The Hall–Kier alpha value is -3.19. The second kappa shape index (κ2) is 9.12. The fourth-order valence-electron chi connectivity index (χ4n) is 3.98. The van der Waals surface area contributed by atoms with Gasteiger partial charge < -0.3 is 9.15 Å². The fourth-order valence-corrected chi connectivity index (χ4v) is 4.39. The molecule has 0 saturated carbocycles. The summed E-state index contributed by atoms with van der Waals surface area (Å²) < 4.78 is 12.1. The molecule has 0 aliphatic heterocycles. The predicted octanol–water partition coefficient (Wildman–Crippen LogP) is 6.51. The Morgan fingerprint density at radius 3 is 2.75 bits per heavy atom. The number of aryl methyl sites for hydroxylation is 1. The summed E-state index contributed by atoms with van der Waals surface area (Å²) in [5.41, 5.74) is 3.54. The monoisotopic (exact) mass is 490 g/mol. The molecule has 7 heteroatoms. The van der Waals surface area contributed by atoms with E-state index in [4.69, 9.17) is 9.15 Å². The lowest BCUT2D eigenvalue weighted by atomic mass is 9.97. The Morgan fingerprint density at radius 1 is 1.06 bits per heavy atom. The first-order valence-corrected chi connectivity index (χ1v) is 11.7. The average Bonchev–Trinajstić information content (AvgIpc) is 3.47. The molecule has 0 amide bonds. The van der Waals surface area contributed by atoms with E-state index in [1.165, 1.54) is 21.9 Å². The van der Waals surface area contributed by atoms with Crippen LogP contribution in [0.4, 0.5) is 0 Å². The van der Waals surface area contributed by atoms with E-state index in [0.717, 1.165) is 48.2 Å². The molecule has 1 N–H and O–H groups in total. The van der Waals surface area contributed by atoms with E-state index in [1.807, 2.05) is 18.2 Å². The van der Waals surface area contributed by atoms with Gasteiger partial charge in [0.2, 0.25) is 10.8 Å². The number of aromatic nitrogens is 4. The molecule has 2 aromatic heterocycles. The lowest BCUT2D eigenvalue weighted by Gasteiger charge is -2.11. The largest absolute Gasteiger partial charge is 0.471 e. The van der Waals surface area contributed by atoms with E-state index in [9.17, 15) is 0 Å². The molecule has 0 aliphatic rings. The van der Waals surface area contributed by atoms with E-state index in [2.05, 4.69) is 85.9 Å². The summed E-state index contributed by atoms with van der Waals surface area (Å²) >= 11 is 3.45. The third-order valence-electron chi connectivity index (χ3n) is 5.61. The molecule has 6 nitrogen and oxygen atoms in total. The number of hydrogen-bond donors (Lipinski definition) is 1. The SMILES string of the molecule is CCCCc1oc2ccccc2c1Cc1ccc2cc(OC(Br)c3nnn[nH]3)ccc2c1. The number of H-pyrrole nitrogens is 1. The fraction of sp³-hybridized carbons (Fsp3) is 0.240. The molecule has 32 heavy (non-hydrogen) atoms. The standard InChI is InChI=1S/C25H23BrN4O2/c1-2-3-7-23-21(20-6-4-5-8-22(20)32-23)14-16-9-10-18-15-19(12-11-17(18)13-16)31-24(26)25-27-29-30-28-25/h4-6,8-13,15,24H,2-3,7,14H2,1H3,(H,27,28,29,30). The number of furan rings is 1. The van der Waals surface area contributed by atoms with E-state index >= 15 is 0 Å². The Kier molecular flexibility index (Phi) is 5.90. The van der Waals surface area contributed by atoms with Gasteiger partial charge in [0.1, 0.15) is 17.1 Å². The first-order valence-electron chi connectivity index (χ1n) is 10.8. The van der Waals surface area contributed by atoms with Gasteiger partial charge in [-0.15, -0.1) is 5.10 Å². The molecule has 1 unspecified atom stereocenters. The number of unbranched alkanes of at least 4 members (excludes halogenated alkanes) is 1. The van der Waals surface area contributed by atoms with Crippen molar-refractivity contribution >= 4 is 37.7 Å². The molecule has 0 radical (unpaired) electrons. The van der Waals surface area contributed by atoms with Crippen LogP contribution >= 0.6 is 15.9 Å². The van der Waals surface area contributed by atoms with Crippen LogP contribution in [0.5, 0.6) is 5.75 Å². The molecule has 162 valence electrons. The molecular formula is C25H23BrN4O2. The van der Waals surface area contributed by atoms with E-state index in [-0.39, 0.29) is 0 Å². The quantitative estimate of drug-likeness (QED) is 0.251. The van der Waals surface area contributed by atoms with Crippen molar-refractivity contribution in [2.45, 2.75) is 37.6 Å². The number of halogens is 1. The van der Waals surface area contributed by atoms with Gasteiger partial charge in [0, 0.05) is 23.8 Å². The van der Waals surface area contributed by atoms with Gasteiger partial charge in [0.25, 0.3) is 0 Å². The number of benzene rings is 3. The van der Waals surface area contributed by atoms with Gasteiger partial charge in [0.05, 0.1) is 0 Å². The van der Waals surface area contributed by atoms with Gasteiger partial charge in [0.15, 0.2) is 0 Å². The van der Waals surface area contributed by atoms with Crippen molar-refractivity contribution in [1.82, 2.24) is 20.6 Å². The maximum Gasteiger partial charge on any atom is 0.213 e. The zero-order valence-corrected chi connectivity index (χ0v) is 19.3. The van der Waals surface area contributed by atoms with Crippen molar-refractivity contribution < 1.29 is 9.15 Å². The topological polar surface area (TPSA) is 76.8 Å². The normalized spacial score (nSPS) is 12.4. The Bertz CT molecular complexity index is 1350. The number of nitrogens with one attached hydrogen (secondary N) is 1. The number of aromatic amines is 1. The van der Waals surface area contributed by atoms with Crippen LogP contribution in [-0.2, 0) is 12.8 Å². The summed E-state index contributed by atoms with van der Waals surface area (Å²) in [6.45, 7) is 2.21. The second-order valence-electron chi connectivity index (χ2n) is 7.84. The highest BCUT2D eigenvalue weighted by Gasteiger charge is 2.15. The number of rotatable bonds is 8. The highest BCUT2D eigenvalue weighted by molar-refractivity contribution is 9.09. The lowest BCUT2D eigenvalue weighted by Crippen LogP contribution is -2.02. The molecule has 0 fully saturated rings. The minimum atomic E-state index is -0.440. The maximum absolute atomic E-state index is 6.21.